The number of carbonyl (C=O) groups is 1. The van der Waals surface area contributed by atoms with Gasteiger partial charge in [-0.1, -0.05) is 35.9 Å². The molecule has 0 atom stereocenters. The van der Waals surface area contributed by atoms with E-state index >= 15 is 0 Å². The average molecular weight is 360 g/mol. The molecule has 2 nitrogen and oxygen atoms in total. The van der Waals surface area contributed by atoms with Crippen LogP contribution < -0.4 is 5.32 Å². The second-order valence-corrected chi connectivity index (χ2v) is 6.83. The molecule has 0 spiro atoms. The van der Waals surface area contributed by atoms with Gasteiger partial charge in [0, 0.05) is 16.4 Å². The van der Waals surface area contributed by atoms with Crippen LogP contribution >= 0.6 is 22.9 Å². The van der Waals surface area contributed by atoms with Gasteiger partial charge in [0.2, 0.25) is 0 Å². The zero-order valence-electron chi connectivity index (χ0n) is 12.8. The molecule has 1 aromatic heterocycles. The molecule has 1 N–H and O–H groups in total. The van der Waals surface area contributed by atoms with E-state index in [2.05, 4.69) is 5.32 Å². The average Bonchev–Trinajstić information content (AvgIpc) is 3.07. The van der Waals surface area contributed by atoms with Gasteiger partial charge in [0.1, 0.15) is 5.82 Å². The van der Waals surface area contributed by atoms with Gasteiger partial charge < -0.3 is 5.32 Å². The molecule has 1 amide bonds. The summed E-state index contributed by atoms with van der Waals surface area (Å²) < 4.78 is 12.8. The van der Waals surface area contributed by atoms with Gasteiger partial charge in [-0.15, -0.1) is 11.3 Å². The molecule has 24 heavy (non-hydrogen) atoms. The second-order valence-electron chi connectivity index (χ2n) is 5.31. The Bertz CT molecular complexity index is 845. The number of hydrogen-bond donors (Lipinski definition) is 1. The van der Waals surface area contributed by atoms with Crippen molar-refractivity contribution in [2.45, 2.75) is 6.42 Å². The minimum atomic E-state index is -0.255. The summed E-state index contributed by atoms with van der Waals surface area (Å²) in [7, 11) is 0. The topological polar surface area (TPSA) is 29.1 Å². The van der Waals surface area contributed by atoms with Crippen molar-refractivity contribution in [2.24, 2.45) is 0 Å². The molecule has 0 saturated heterocycles. The Morgan fingerprint density at radius 1 is 1.08 bits per heavy atom. The fourth-order valence-electron chi connectivity index (χ4n) is 2.32. The highest BCUT2D eigenvalue weighted by Gasteiger charge is 2.10. The number of benzene rings is 2. The Kier molecular flexibility index (Phi) is 5.28. The van der Waals surface area contributed by atoms with Crippen LogP contribution in [0.1, 0.15) is 15.2 Å². The third-order valence-electron chi connectivity index (χ3n) is 3.55. The number of rotatable bonds is 5. The van der Waals surface area contributed by atoms with Crippen LogP contribution in [0.3, 0.4) is 0 Å². The molecule has 5 heteroatoms. The highest BCUT2D eigenvalue weighted by molar-refractivity contribution is 7.17. The molecule has 3 rings (SSSR count). The van der Waals surface area contributed by atoms with Crippen molar-refractivity contribution >= 4 is 28.8 Å². The van der Waals surface area contributed by atoms with E-state index in [9.17, 15) is 9.18 Å². The van der Waals surface area contributed by atoms with Gasteiger partial charge >= 0.3 is 0 Å². The van der Waals surface area contributed by atoms with Gasteiger partial charge in [-0.05, 0) is 53.9 Å². The highest BCUT2D eigenvalue weighted by atomic mass is 35.5. The summed E-state index contributed by atoms with van der Waals surface area (Å²) in [5.41, 5.74) is 1.99. The summed E-state index contributed by atoms with van der Waals surface area (Å²) in [6.45, 7) is 0.509. The third-order valence-corrected chi connectivity index (χ3v) is 4.92. The van der Waals surface area contributed by atoms with Crippen LogP contribution in [0.15, 0.2) is 60.7 Å². The highest BCUT2D eigenvalue weighted by Crippen LogP contribution is 2.29. The minimum Gasteiger partial charge on any atom is -0.351 e. The van der Waals surface area contributed by atoms with Crippen molar-refractivity contribution < 1.29 is 9.18 Å². The molecule has 3 aromatic rings. The summed E-state index contributed by atoms with van der Waals surface area (Å²) in [5, 5.41) is 3.56. The molecule has 0 bridgehead atoms. The fourth-order valence-corrected chi connectivity index (χ4v) is 3.42. The maximum Gasteiger partial charge on any atom is 0.261 e. The van der Waals surface area contributed by atoms with Crippen LogP contribution in [-0.2, 0) is 6.42 Å². The van der Waals surface area contributed by atoms with Crippen molar-refractivity contribution in [3.8, 4) is 10.4 Å². The summed E-state index contributed by atoms with van der Waals surface area (Å²) in [4.78, 5) is 13.9. The van der Waals surface area contributed by atoms with E-state index in [-0.39, 0.29) is 11.7 Å². The number of hydrogen-bond acceptors (Lipinski definition) is 2. The Hall–Kier alpha value is -2.17. The van der Waals surface area contributed by atoms with Crippen molar-refractivity contribution in [3.63, 3.8) is 0 Å². The Labute approximate surface area is 148 Å². The normalized spacial score (nSPS) is 10.6. The lowest BCUT2D eigenvalue weighted by Gasteiger charge is -2.04. The molecule has 2 aromatic carbocycles. The second kappa shape index (κ2) is 7.60. The van der Waals surface area contributed by atoms with E-state index in [4.69, 9.17) is 11.6 Å². The van der Waals surface area contributed by atoms with Crippen LogP contribution in [0, 0.1) is 5.82 Å². The number of thiophene rings is 1. The lowest BCUT2D eigenvalue weighted by atomic mass is 10.1. The first kappa shape index (κ1) is 16.7. The van der Waals surface area contributed by atoms with E-state index in [0.717, 1.165) is 16.0 Å². The van der Waals surface area contributed by atoms with Crippen LogP contribution in [0.25, 0.3) is 10.4 Å². The van der Waals surface area contributed by atoms with Gasteiger partial charge in [-0.25, -0.2) is 4.39 Å². The van der Waals surface area contributed by atoms with E-state index in [1.165, 1.54) is 23.5 Å². The van der Waals surface area contributed by atoms with E-state index in [1.54, 1.807) is 12.1 Å². The maximum atomic E-state index is 12.8. The first-order chi connectivity index (χ1) is 11.6. The minimum absolute atomic E-state index is 0.101. The molecule has 0 radical (unpaired) electrons. The molecule has 0 aliphatic carbocycles. The predicted octanol–water partition coefficient (Wildman–Crippen LogP) is 5.18. The third kappa shape index (κ3) is 4.22. The van der Waals surface area contributed by atoms with Crippen LogP contribution in [0.4, 0.5) is 4.39 Å². The maximum absolute atomic E-state index is 12.8. The lowest BCUT2D eigenvalue weighted by molar-refractivity contribution is 0.0958. The van der Waals surface area contributed by atoms with E-state index in [0.29, 0.717) is 22.9 Å². The van der Waals surface area contributed by atoms with Crippen molar-refractivity contribution in [1.29, 1.82) is 0 Å². The summed E-state index contributed by atoms with van der Waals surface area (Å²) in [6.07, 6.45) is 0.665. The van der Waals surface area contributed by atoms with Gasteiger partial charge in [0.05, 0.1) is 4.88 Å². The summed E-state index contributed by atoms with van der Waals surface area (Å²) >= 11 is 7.43. The number of amides is 1. The van der Waals surface area contributed by atoms with Crippen molar-refractivity contribution in [1.82, 2.24) is 5.32 Å². The SMILES string of the molecule is O=C(NCCc1ccc(F)cc1)c1ccc(-c2cccc(Cl)c2)s1. The molecule has 0 aliphatic rings. The molecule has 0 saturated carbocycles. The zero-order valence-corrected chi connectivity index (χ0v) is 14.3. The van der Waals surface area contributed by atoms with Crippen molar-refractivity contribution in [2.75, 3.05) is 6.54 Å². The molecule has 0 aliphatic heterocycles. The fraction of sp³-hybridized carbons (Fsp3) is 0.105. The van der Waals surface area contributed by atoms with Gasteiger partial charge in [0.15, 0.2) is 0 Å². The molecule has 0 unspecified atom stereocenters. The molecular formula is C19H15ClFNOS. The first-order valence-electron chi connectivity index (χ1n) is 7.50. The first-order valence-corrected chi connectivity index (χ1v) is 8.70. The predicted molar refractivity (Wildman–Crippen MR) is 97.2 cm³/mol. The summed E-state index contributed by atoms with van der Waals surface area (Å²) in [5.74, 6) is -0.356. The van der Waals surface area contributed by atoms with Gasteiger partial charge in [-0.3, -0.25) is 4.79 Å². The van der Waals surface area contributed by atoms with Gasteiger partial charge in [0.25, 0.3) is 5.91 Å². The quantitative estimate of drug-likeness (QED) is 0.668. The molecular weight excluding hydrogens is 345 g/mol. The standard InChI is InChI=1S/C19H15ClFNOS/c20-15-3-1-2-14(12-15)17-8-9-18(24-17)19(23)22-11-10-13-4-6-16(21)7-5-13/h1-9,12H,10-11H2,(H,22,23). The van der Waals surface area contributed by atoms with Crippen LogP contribution in [0.2, 0.25) is 5.02 Å². The van der Waals surface area contributed by atoms with Gasteiger partial charge in [-0.2, -0.15) is 0 Å². The molecule has 122 valence electrons. The van der Waals surface area contributed by atoms with Crippen LogP contribution in [0.5, 0.6) is 0 Å². The van der Waals surface area contributed by atoms with Crippen molar-refractivity contribution in [3.05, 3.63) is 81.9 Å². The number of carbonyl (C=O) groups excluding carboxylic acids is 1. The Morgan fingerprint density at radius 2 is 1.88 bits per heavy atom. The molecule has 1 heterocycles. The number of halogens is 2. The smallest absolute Gasteiger partial charge is 0.261 e. The largest absolute Gasteiger partial charge is 0.351 e. The Morgan fingerprint density at radius 3 is 2.62 bits per heavy atom. The lowest BCUT2D eigenvalue weighted by Crippen LogP contribution is -2.24. The Balaban J connectivity index is 1.58. The monoisotopic (exact) mass is 359 g/mol. The summed E-state index contributed by atoms with van der Waals surface area (Å²) in [6, 6.07) is 17.6. The molecule has 0 fully saturated rings. The van der Waals surface area contributed by atoms with E-state index < -0.39 is 0 Å². The van der Waals surface area contributed by atoms with E-state index in [1.807, 2.05) is 36.4 Å². The zero-order chi connectivity index (χ0) is 16.9. The number of nitrogens with one attached hydrogen (secondary N) is 1. The van der Waals surface area contributed by atoms with Crippen LogP contribution in [-0.4, -0.2) is 12.5 Å².